The Morgan fingerprint density at radius 2 is 1.95 bits per heavy atom. The molecular weight excluding hydrogens is 491 g/mol. The SMILES string of the molecule is CCNC(c1cc(Cl)ccc1I)c1ccc(Br)c(Cl)c1F. The summed E-state index contributed by atoms with van der Waals surface area (Å²) in [5.41, 5.74) is 1.44. The Morgan fingerprint density at radius 3 is 2.62 bits per heavy atom. The van der Waals surface area contributed by atoms with E-state index in [9.17, 15) is 4.39 Å². The van der Waals surface area contributed by atoms with E-state index in [1.54, 1.807) is 12.1 Å². The summed E-state index contributed by atoms with van der Waals surface area (Å²) in [4.78, 5) is 0. The summed E-state index contributed by atoms with van der Waals surface area (Å²) in [5.74, 6) is -0.423. The lowest BCUT2D eigenvalue weighted by Crippen LogP contribution is -2.24. The van der Waals surface area contributed by atoms with Crippen molar-refractivity contribution in [3.63, 3.8) is 0 Å². The van der Waals surface area contributed by atoms with Crippen LogP contribution in [-0.2, 0) is 0 Å². The summed E-state index contributed by atoms with van der Waals surface area (Å²) in [6, 6.07) is 8.78. The van der Waals surface area contributed by atoms with Crippen LogP contribution in [0.2, 0.25) is 10.0 Å². The minimum Gasteiger partial charge on any atom is -0.306 e. The number of rotatable bonds is 4. The minimum atomic E-state index is -0.423. The fourth-order valence-corrected chi connectivity index (χ4v) is 3.40. The van der Waals surface area contributed by atoms with Gasteiger partial charge in [-0.3, -0.25) is 0 Å². The van der Waals surface area contributed by atoms with Crippen LogP contribution in [0.15, 0.2) is 34.8 Å². The maximum absolute atomic E-state index is 14.5. The standard InChI is InChI=1S/C15H12BrCl2FIN/c1-2-21-15(10-7-8(17)3-6-12(10)20)9-4-5-11(16)13(18)14(9)19/h3-7,15,21H,2H2,1H3. The molecule has 0 radical (unpaired) electrons. The normalized spacial score (nSPS) is 12.5. The molecule has 1 N–H and O–H groups in total. The van der Waals surface area contributed by atoms with Crippen LogP contribution in [0.1, 0.15) is 24.1 Å². The second-order valence-corrected chi connectivity index (χ2v) is 7.25. The Hall–Kier alpha value is 0.120. The van der Waals surface area contributed by atoms with Crippen LogP contribution in [0.3, 0.4) is 0 Å². The van der Waals surface area contributed by atoms with Crippen molar-refractivity contribution in [2.75, 3.05) is 6.54 Å². The third-order valence-electron chi connectivity index (χ3n) is 3.05. The molecule has 0 fully saturated rings. The zero-order valence-electron chi connectivity index (χ0n) is 11.1. The van der Waals surface area contributed by atoms with Crippen LogP contribution < -0.4 is 5.32 Å². The first kappa shape index (κ1) is 17.5. The number of halogens is 5. The Kier molecular flexibility index (Phi) is 6.32. The molecule has 2 aromatic rings. The van der Waals surface area contributed by atoms with Crippen LogP contribution >= 0.6 is 61.7 Å². The van der Waals surface area contributed by atoms with Gasteiger partial charge in [0.25, 0.3) is 0 Å². The Balaban J connectivity index is 2.59. The van der Waals surface area contributed by atoms with E-state index in [4.69, 9.17) is 23.2 Å². The largest absolute Gasteiger partial charge is 0.306 e. The third-order valence-corrected chi connectivity index (χ3v) is 5.53. The Labute approximate surface area is 155 Å². The van der Waals surface area contributed by atoms with Gasteiger partial charge in [-0.2, -0.15) is 0 Å². The summed E-state index contributed by atoms with van der Waals surface area (Å²) >= 11 is 17.6. The predicted molar refractivity (Wildman–Crippen MR) is 98.8 cm³/mol. The lowest BCUT2D eigenvalue weighted by molar-refractivity contribution is 0.557. The molecule has 21 heavy (non-hydrogen) atoms. The van der Waals surface area contributed by atoms with Crippen LogP contribution in [-0.4, -0.2) is 6.54 Å². The number of benzene rings is 2. The molecule has 0 heterocycles. The zero-order valence-corrected chi connectivity index (χ0v) is 16.3. The summed E-state index contributed by atoms with van der Waals surface area (Å²) in [6.45, 7) is 2.67. The highest BCUT2D eigenvalue weighted by Gasteiger charge is 2.22. The van der Waals surface area contributed by atoms with Gasteiger partial charge in [-0.1, -0.05) is 36.2 Å². The van der Waals surface area contributed by atoms with E-state index in [2.05, 4.69) is 43.8 Å². The first-order valence-corrected chi connectivity index (χ1v) is 8.90. The van der Waals surface area contributed by atoms with Crippen LogP contribution in [0.4, 0.5) is 4.39 Å². The molecule has 0 bridgehead atoms. The van der Waals surface area contributed by atoms with E-state index in [1.165, 1.54) is 0 Å². The molecular formula is C15H12BrCl2FIN. The molecule has 2 rings (SSSR count). The van der Waals surface area contributed by atoms with Gasteiger partial charge in [-0.05, 0) is 74.9 Å². The Bertz CT molecular complexity index is 666. The highest BCUT2D eigenvalue weighted by Crippen LogP contribution is 2.35. The van der Waals surface area contributed by atoms with Crippen LogP contribution in [0.25, 0.3) is 0 Å². The van der Waals surface area contributed by atoms with Crippen LogP contribution in [0, 0.1) is 9.39 Å². The predicted octanol–water partition coefficient (Wildman–Crippen LogP) is 6.20. The van der Waals surface area contributed by atoms with Gasteiger partial charge in [0.2, 0.25) is 0 Å². The van der Waals surface area contributed by atoms with Gasteiger partial charge in [0.1, 0.15) is 5.82 Å². The van der Waals surface area contributed by atoms with Gasteiger partial charge < -0.3 is 5.32 Å². The van der Waals surface area contributed by atoms with E-state index in [0.717, 1.165) is 9.13 Å². The van der Waals surface area contributed by atoms with Gasteiger partial charge in [0.15, 0.2) is 0 Å². The van der Waals surface area contributed by atoms with Crippen molar-refractivity contribution in [3.8, 4) is 0 Å². The van der Waals surface area contributed by atoms with Crippen molar-refractivity contribution in [2.24, 2.45) is 0 Å². The lowest BCUT2D eigenvalue weighted by Gasteiger charge is -2.22. The van der Waals surface area contributed by atoms with E-state index < -0.39 is 5.82 Å². The quantitative estimate of drug-likeness (QED) is 0.388. The maximum Gasteiger partial charge on any atom is 0.148 e. The second kappa shape index (κ2) is 7.59. The maximum atomic E-state index is 14.5. The van der Waals surface area contributed by atoms with Crippen LogP contribution in [0.5, 0.6) is 0 Å². The highest BCUT2D eigenvalue weighted by atomic mass is 127. The van der Waals surface area contributed by atoms with Crippen molar-refractivity contribution in [1.82, 2.24) is 5.32 Å². The molecule has 0 amide bonds. The first-order chi connectivity index (χ1) is 9.95. The van der Waals surface area contributed by atoms with Gasteiger partial charge >= 0.3 is 0 Å². The molecule has 2 aromatic carbocycles. The van der Waals surface area contributed by atoms with E-state index in [-0.39, 0.29) is 11.1 Å². The molecule has 112 valence electrons. The molecule has 0 aliphatic carbocycles. The lowest BCUT2D eigenvalue weighted by atomic mass is 9.98. The Morgan fingerprint density at radius 1 is 1.24 bits per heavy atom. The molecule has 1 atom stereocenters. The molecule has 0 saturated heterocycles. The third kappa shape index (κ3) is 3.91. The fourth-order valence-electron chi connectivity index (χ4n) is 2.09. The average Bonchev–Trinajstić information content (AvgIpc) is 2.46. The highest BCUT2D eigenvalue weighted by molar-refractivity contribution is 14.1. The first-order valence-electron chi connectivity index (χ1n) is 6.27. The number of hydrogen-bond acceptors (Lipinski definition) is 1. The van der Waals surface area contributed by atoms with Gasteiger partial charge in [-0.25, -0.2) is 4.39 Å². The van der Waals surface area contributed by atoms with Gasteiger partial charge in [0.05, 0.1) is 11.1 Å². The van der Waals surface area contributed by atoms with Crippen molar-refractivity contribution in [2.45, 2.75) is 13.0 Å². The summed E-state index contributed by atoms with van der Waals surface area (Å²) in [7, 11) is 0. The molecule has 0 aliphatic heterocycles. The molecule has 0 saturated carbocycles. The summed E-state index contributed by atoms with van der Waals surface area (Å²) in [5, 5.41) is 4.01. The topological polar surface area (TPSA) is 12.0 Å². The zero-order chi connectivity index (χ0) is 15.6. The summed E-state index contributed by atoms with van der Waals surface area (Å²) < 4.78 is 16.1. The number of nitrogens with one attached hydrogen (secondary N) is 1. The van der Waals surface area contributed by atoms with E-state index in [1.807, 2.05) is 25.1 Å². The molecule has 0 aliphatic rings. The molecule has 6 heteroatoms. The minimum absolute atomic E-state index is 0.0902. The molecule has 1 nitrogen and oxygen atoms in total. The van der Waals surface area contributed by atoms with Crippen molar-refractivity contribution in [3.05, 3.63) is 65.4 Å². The van der Waals surface area contributed by atoms with E-state index >= 15 is 0 Å². The van der Waals surface area contributed by atoms with Gasteiger partial charge in [0, 0.05) is 18.6 Å². The summed E-state index contributed by atoms with van der Waals surface area (Å²) in [6.07, 6.45) is 0. The average molecular weight is 503 g/mol. The fraction of sp³-hybridized carbons (Fsp3) is 0.200. The molecule has 1 unspecified atom stereocenters. The van der Waals surface area contributed by atoms with Crippen molar-refractivity contribution < 1.29 is 4.39 Å². The molecule has 0 spiro atoms. The van der Waals surface area contributed by atoms with Crippen molar-refractivity contribution >= 4 is 61.7 Å². The molecule has 0 aromatic heterocycles. The number of hydrogen-bond donors (Lipinski definition) is 1. The van der Waals surface area contributed by atoms with E-state index in [0.29, 0.717) is 21.6 Å². The van der Waals surface area contributed by atoms with Crippen molar-refractivity contribution in [1.29, 1.82) is 0 Å². The smallest absolute Gasteiger partial charge is 0.148 e. The second-order valence-electron chi connectivity index (χ2n) is 4.42. The monoisotopic (exact) mass is 501 g/mol. The van der Waals surface area contributed by atoms with Gasteiger partial charge in [-0.15, -0.1) is 0 Å².